The first-order valence-electron chi connectivity index (χ1n) is 6.03. The molecule has 6 heteroatoms. The number of carbonyl (C=O) groups is 1. The molecule has 98 valence electrons. The van der Waals surface area contributed by atoms with Crippen LogP contribution in [0.4, 0.5) is 0 Å². The zero-order chi connectivity index (χ0) is 13.6. The van der Waals surface area contributed by atoms with E-state index in [2.05, 4.69) is 10.1 Å². The van der Waals surface area contributed by atoms with E-state index in [1.807, 2.05) is 19.1 Å². The second-order valence-electron chi connectivity index (χ2n) is 4.74. The van der Waals surface area contributed by atoms with Crippen molar-refractivity contribution in [2.24, 2.45) is 0 Å². The second-order valence-corrected chi connectivity index (χ2v) is 5.15. The zero-order valence-electron chi connectivity index (χ0n) is 10.3. The topological polar surface area (TPSA) is 68.0 Å². The lowest BCUT2D eigenvalue weighted by Gasteiger charge is -2.08. The van der Waals surface area contributed by atoms with E-state index in [0.717, 1.165) is 18.4 Å². The Morgan fingerprint density at radius 2 is 2.21 bits per heavy atom. The fourth-order valence-corrected chi connectivity index (χ4v) is 2.18. The molecule has 1 aromatic heterocycles. The van der Waals surface area contributed by atoms with Gasteiger partial charge < -0.3 is 5.11 Å². The van der Waals surface area contributed by atoms with E-state index < -0.39 is 5.97 Å². The van der Waals surface area contributed by atoms with Gasteiger partial charge in [-0.1, -0.05) is 17.7 Å². The van der Waals surface area contributed by atoms with Crippen LogP contribution in [0.1, 0.15) is 40.8 Å². The van der Waals surface area contributed by atoms with E-state index in [9.17, 15) is 4.79 Å². The van der Waals surface area contributed by atoms with E-state index in [0.29, 0.717) is 16.5 Å². The van der Waals surface area contributed by atoms with Gasteiger partial charge in [0.1, 0.15) is 5.82 Å². The van der Waals surface area contributed by atoms with Crippen molar-refractivity contribution in [2.45, 2.75) is 25.7 Å². The monoisotopic (exact) mass is 277 g/mol. The van der Waals surface area contributed by atoms with Crippen LogP contribution >= 0.6 is 11.6 Å². The maximum Gasteiger partial charge on any atom is 0.375 e. The number of hydrogen-bond donors (Lipinski definition) is 1. The molecule has 5 nitrogen and oxygen atoms in total. The molecule has 1 aliphatic carbocycles. The molecule has 0 aliphatic heterocycles. The highest BCUT2D eigenvalue weighted by molar-refractivity contribution is 6.32. The van der Waals surface area contributed by atoms with E-state index in [-0.39, 0.29) is 11.7 Å². The summed E-state index contributed by atoms with van der Waals surface area (Å²) >= 11 is 6.18. The van der Waals surface area contributed by atoms with Gasteiger partial charge in [-0.15, -0.1) is 5.10 Å². The van der Waals surface area contributed by atoms with Gasteiger partial charge in [-0.05, 0) is 37.5 Å². The molecule has 0 amide bonds. The second kappa shape index (κ2) is 4.35. The molecule has 3 rings (SSSR count). The highest BCUT2D eigenvalue weighted by Gasteiger charge is 2.31. The van der Waals surface area contributed by atoms with Crippen LogP contribution in [0, 0.1) is 6.92 Å². The van der Waals surface area contributed by atoms with Gasteiger partial charge >= 0.3 is 5.97 Å². The Hall–Kier alpha value is -1.88. The number of nitrogens with zero attached hydrogens (tertiary/aromatic N) is 3. The van der Waals surface area contributed by atoms with E-state index in [1.165, 1.54) is 0 Å². The van der Waals surface area contributed by atoms with Gasteiger partial charge in [0.25, 0.3) is 5.82 Å². The SMILES string of the molecule is Cc1ccc(Cl)c(-n2nc(C(=O)O)nc2C2CC2)c1. The van der Waals surface area contributed by atoms with Crippen LogP contribution in [0.25, 0.3) is 5.69 Å². The van der Waals surface area contributed by atoms with Gasteiger partial charge in [0.2, 0.25) is 0 Å². The predicted molar refractivity (Wildman–Crippen MR) is 70.0 cm³/mol. The molecule has 0 unspecified atom stereocenters. The van der Waals surface area contributed by atoms with Crippen molar-refractivity contribution in [1.29, 1.82) is 0 Å². The number of hydrogen-bond acceptors (Lipinski definition) is 3. The molecule has 1 N–H and O–H groups in total. The smallest absolute Gasteiger partial charge is 0.375 e. The van der Waals surface area contributed by atoms with Crippen molar-refractivity contribution < 1.29 is 9.90 Å². The first-order valence-corrected chi connectivity index (χ1v) is 6.41. The van der Waals surface area contributed by atoms with Crippen molar-refractivity contribution in [3.8, 4) is 5.69 Å². The summed E-state index contributed by atoms with van der Waals surface area (Å²) < 4.78 is 1.57. The molecule has 1 aromatic carbocycles. The zero-order valence-corrected chi connectivity index (χ0v) is 11.1. The highest BCUT2D eigenvalue weighted by Crippen LogP contribution is 2.40. The Labute approximate surface area is 114 Å². The maximum absolute atomic E-state index is 11.0. The minimum Gasteiger partial charge on any atom is -0.475 e. The number of aryl methyl sites for hydroxylation is 1. The third-order valence-electron chi connectivity index (χ3n) is 3.10. The number of rotatable bonds is 3. The summed E-state index contributed by atoms with van der Waals surface area (Å²) in [5.74, 6) is -0.328. The lowest BCUT2D eigenvalue weighted by molar-refractivity contribution is 0.0683. The number of aromatic nitrogens is 3. The molecule has 1 heterocycles. The Balaban J connectivity index is 2.17. The molecular formula is C13H12ClN3O2. The van der Waals surface area contributed by atoms with Crippen LogP contribution in [-0.4, -0.2) is 25.8 Å². The van der Waals surface area contributed by atoms with Gasteiger partial charge in [0, 0.05) is 5.92 Å². The Bertz CT molecular complexity index is 662. The molecule has 0 radical (unpaired) electrons. The van der Waals surface area contributed by atoms with Gasteiger partial charge in [0.05, 0.1) is 10.7 Å². The Morgan fingerprint density at radius 1 is 1.47 bits per heavy atom. The van der Waals surface area contributed by atoms with Crippen LogP contribution in [0.3, 0.4) is 0 Å². The Morgan fingerprint density at radius 3 is 2.84 bits per heavy atom. The molecule has 1 saturated carbocycles. The normalized spacial score (nSPS) is 14.6. The van der Waals surface area contributed by atoms with Crippen molar-refractivity contribution in [2.75, 3.05) is 0 Å². The number of carboxylic acids is 1. The third kappa shape index (κ3) is 2.21. The van der Waals surface area contributed by atoms with Gasteiger partial charge in [-0.3, -0.25) is 0 Å². The maximum atomic E-state index is 11.0. The molecule has 0 bridgehead atoms. The first-order chi connectivity index (χ1) is 9.06. The van der Waals surface area contributed by atoms with Crippen molar-refractivity contribution >= 4 is 17.6 Å². The van der Waals surface area contributed by atoms with Gasteiger partial charge in [-0.25, -0.2) is 14.5 Å². The molecule has 2 aromatic rings. The third-order valence-corrected chi connectivity index (χ3v) is 3.42. The van der Waals surface area contributed by atoms with E-state index in [4.69, 9.17) is 16.7 Å². The fraction of sp³-hybridized carbons (Fsp3) is 0.308. The van der Waals surface area contributed by atoms with E-state index in [1.54, 1.807) is 10.7 Å². The quantitative estimate of drug-likeness (QED) is 0.937. The molecule has 1 aliphatic rings. The Kier molecular flexibility index (Phi) is 2.78. The summed E-state index contributed by atoms with van der Waals surface area (Å²) in [7, 11) is 0. The average molecular weight is 278 g/mol. The van der Waals surface area contributed by atoms with Gasteiger partial charge in [-0.2, -0.15) is 0 Å². The summed E-state index contributed by atoms with van der Waals surface area (Å²) in [6.07, 6.45) is 2.03. The minimum absolute atomic E-state index is 0.181. The highest BCUT2D eigenvalue weighted by atomic mass is 35.5. The standard InChI is InChI=1S/C13H12ClN3O2/c1-7-2-5-9(14)10(6-7)17-12(8-3-4-8)15-11(16-17)13(18)19/h2,5-6,8H,3-4H2,1H3,(H,18,19). The molecule has 19 heavy (non-hydrogen) atoms. The van der Waals surface area contributed by atoms with Crippen LogP contribution in [-0.2, 0) is 0 Å². The molecule has 0 saturated heterocycles. The van der Waals surface area contributed by atoms with Crippen LogP contribution < -0.4 is 0 Å². The average Bonchev–Trinajstić information content (AvgIpc) is 3.11. The largest absolute Gasteiger partial charge is 0.475 e. The number of halogens is 1. The minimum atomic E-state index is -1.12. The molecular weight excluding hydrogens is 266 g/mol. The van der Waals surface area contributed by atoms with Crippen molar-refractivity contribution in [1.82, 2.24) is 14.8 Å². The number of benzene rings is 1. The molecule has 0 spiro atoms. The summed E-state index contributed by atoms with van der Waals surface area (Å²) in [4.78, 5) is 15.1. The fourth-order valence-electron chi connectivity index (χ4n) is 1.98. The van der Waals surface area contributed by atoms with Crippen molar-refractivity contribution in [3.05, 3.63) is 40.4 Å². The molecule has 0 atom stereocenters. The summed E-state index contributed by atoms with van der Waals surface area (Å²) in [5.41, 5.74) is 1.72. The predicted octanol–water partition coefficient (Wildman–Crippen LogP) is 2.80. The lowest BCUT2D eigenvalue weighted by atomic mass is 10.2. The first kappa shape index (κ1) is 12.2. The number of aromatic carboxylic acids is 1. The molecule has 1 fully saturated rings. The summed E-state index contributed by atoms with van der Waals surface area (Å²) in [6.45, 7) is 1.95. The van der Waals surface area contributed by atoms with Crippen LogP contribution in [0.15, 0.2) is 18.2 Å². The van der Waals surface area contributed by atoms with E-state index >= 15 is 0 Å². The van der Waals surface area contributed by atoms with Crippen LogP contribution in [0.2, 0.25) is 5.02 Å². The number of carboxylic acid groups (broad SMARTS) is 1. The summed E-state index contributed by atoms with van der Waals surface area (Å²) in [6, 6.07) is 5.57. The lowest BCUT2D eigenvalue weighted by Crippen LogP contribution is -2.04. The summed E-state index contributed by atoms with van der Waals surface area (Å²) in [5, 5.41) is 13.6. The van der Waals surface area contributed by atoms with Crippen LogP contribution in [0.5, 0.6) is 0 Å². The van der Waals surface area contributed by atoms with Crippen molar-refractivity contribution in [3.63, 3.8) is 0 Å². The van der Waals surface area contributed by atoms with Gasteiger partial charge in [0.15, 0.2) is 0 Å².